The van der Waals surface area contributed by atoms with Crippen molar-refractivity contribution in [2.75, 3.05) is 0 Å². The summed E-state index contributed by atoms with van der Waals surface area (Å²) in [6, 6.07) is 0. The summed E-state index contributed by atoms with van der Waals surface area (Å²) in [5.74, 6) is -0.386. The first kappa shape index (κ1) is 9.06. The molecule has 1 saturated carbocycles. The average Bonchev–Trinajstić information content (AvgIpc) is 2.60. The molecule has 0 aromatic carbocycles. The largest absolute Gasteiger partial charge is 0.414 e. The van der Waals surface area contributed by atoms with Crippen molar-refractivity contribution in [1.82, 2.24) is 0 Å². The molecular weight excluding hydrogens is 181 g/mol. The van der Waals surface area contributed by atoms with Gasteiger partial charge in [-0.2, -0.15) is 13.2 Å². The number of aliphatic hydroxyl groups is 1. The molecule has 0 aromatic heterocycles. The predicted octanol–water partition coefficient (Wildman–Crippen LogP) is 2.12. The number of aliphatic hydroxyl groups excluding tert-OH is 1. The van der Waals surface area contributed by atoms with Crippen molar-refractivity contribution >= 4 is 0 Å². The molecule has 0 aromatic rings. The third-order valence-electron chi connectivity index (χ3n) is 3.07. The van der Waals surface area contributed by atoms with Gasteiger partial charge in [0, 0.05) is 5.92 Å². The van der Waals surface area contributed by atoms with Crippen molar-refractivity contribution in [3.05, 3.63) is 12.2 Å². The van der Waals surface area contributed by atoms with Gasteiger partial charge in [-0.05, 0) is 24.7 Å². The third kappa shape index (κ3) is 1.47. The van der Waals surface area contributed by atoms with E-state index in [2.05, 4.69) is 0 Å². The number of fused-ring (bicyclic) bond motifs is 2. The van der Waals surface area contributed by atoms with Gasteiger partial charge in [-0.3, -0.25) is 0 Å². The SMILES string of the molecule is O[C@@H](C1CC2C=CC1C2)C(F)(F)F. The second-order valence-electron chi connectivity index (χ2n) is 3.93. The first-order valence-electron chi connectivity index (χ1n) is 4.41. The summed E-state index contributed by atoms with van der Waals surface area (Å²) in [4.78, 5) is 0. The van der Waals surface area contributed by atoms with E-state index >= 15 is 0 Å². The highest BCUT2D eigenvalue weighted by atomic mass is 19.4. The van der Waals surface area contributed by atoms with Gasteiger partial charge in [0.25, 0.3) is 0 Å². The van der Waals surface area contributed by atoms with E-state index in [1.165, 1.54) is 0 Å². The fourth-order valence-corrected chi connectivity index (χ4v) is 2.43. The van der Waals surface area contributed by atoms with Crippen molar-refractivity contribution in [2.24, 2.45) is 17.8 Å². The topological polar surface area (TPSA) is 20.2 Å². The quantitative estimate of drug-likeness (QED) is 0.631. The summed E-state index contributed by atoms with van der Waals surface area (Å²) >= 11 is 0. The van der Waals surface area contributed by atoms with Crippen molar-refractivity contribution in [2.45, 2.75) is 25.1 Å². The van der Waals surface area contributed by atoms with E-state index in [0.717, 1.165) is 6.42 Å². The van der Waals surface area contributed by atoms with Gasteiger partial charge < -0.3 is 5.11 Å². The maximum absolute atomic E-state index is 12.2. The maximum Gasteiger partial charge on any atom is 0.414 e. The fourth-order valence-electron chi connectivity index (χ4n) is 2.43. The van der Waals surface area contributed by atoms with Crippen LogP contribution < -0.4 is 0 Å². The lowest BCUT2D eigenvalue weighted by Crippen LogP contribution is -2.37. The normalized spacial score (nSPS) is 39.8. The van der Waals surface area contributed by atoms with Crippen LogP contribution >= 0.6 is 0 Å². The van der Waals surface area contributed by atoms with Crippen molar-refractivity contribution < 1.29 is 18.3 Å². The van der Waals surface area contributed by atoms with E-state index in [0.29, 0.717) is 6.42 Å². The van der Waals surface area contributed by atoms with Crippen LogP contribution in [-0.2, 0) is 0 Å². The second kappa shape index (κ2) is 2.74. The lowest BCUT2D eigenvalue weighted by atomic mass is 9.88. The molecule has 4 heteroatoms. The van der Waals surface area contributed by atoms with Crippen LogP contribution in [0.25, 0.3) is 0 Å². The summed E-state index contributed by atoms with van der Waals surface area (Å²) in [5.41, 5.74) is 0. The van der Waals surface area contributed by atoms with E-state index in [4.69, 9.17) is 5.11 Å². The number of halogens is 3. The van der Waals surface area contributed by atoms with Crippen molar-refractivity contribution in [3.63, 3.8) is 0 Å². The Morgan fingerprint density at radius 1 is 1.23 bits per heavy atom. The van der Waals surface area contributed by atoms with Crippen molar-refractivity contribution in [1.29, 1.82) is 0 Å². The van der Waals surface area contributed by atoms with Gasteiger partial charge in [0.1, 0.15) is 0 Å². The lowest BCUT2D eigenvalue weighted by molar-refractivity contribution is -0.221. The van der Waals surface area contributed by atoms with Crippen molar-refractivity contribution in [3.8, 4) is 0 Å². The number of rotatable bonds is 1. The highest BCUT2D eigenvalue weighted by Gasteiger charge is 2.50. The van der Waals surface area contributed by atoms with Gasteiger partial charge in [0.15, 0.2) is 6.10 Å². The summed E-state index contributed by atoms with van der Waals surface area (Å²) in [7, 11) is 0. The zero-order chi connectivity index (χ0) is 9.64. The number of allylic oxidation sites excluding steroid dienone is 2. The molecule has 0 amide bonds. The molecule has 2 aliphatic rings. The Hall–Kier alpha value is -0.510. The molecule has 2 rings (SSSR count). The molecule has 0 saturated heterocycles. The standard InChI is InChI=1S/C9H11F3O/c10-9(11,12)8(13)7-4-5-1-2-6(7)3-5/h1-2,5-8,13H,3-4H2/t5?,6?,7?,8-/m0/s1. The Kier molecular flexibility index (Phi) is 1.91. The Labute approximate surface area is 74.2 Å². The van der Waals surface area contributed by atoms with E-state index in [-0.39, 0.29) is 11.8 Å². The minimum absolute atomic E-state index is 0.0541. The zero-order valence-corrected chi connectivity index (χ0v) is 6.96. The van der Waals surface area contributed by atoms with Crippen LogP contribution in [0.4, 0.5) is 13.2 Å². The second-order valence-corrected chi connectivity index (χ2v) is 3.93. The lowest BCUT2D eigenvalue weighted by Gasteiger charge is -2.25. The Balaban J connectivity index is 2.07. The molecule has 2 bridgehead atoms. The van der Waals surface area contributed by atoms with E-state index in [1.54, 1.807) is 0 Å². The molecule has 0 heterocycles. The fraction of sp³-hybridized carbons (Fsp3) is 0.778. The van der Waals surface area contributed by atoms with Gasteiger partial charge in [-0.1, -0.05) is 12.2 Å². The Bertz CT molecular complexity index is 234. The van der Waals surface area contributed by atoms with Crippen LogP contribution in [0.5, 0.6) is 0 Å². The van der Waals surface area contributed by atoms with Crippen LogP contribution in [0.2, 0.25) is 0 Å². The highest BCUT2D eigenvalue weighted by molar-refractivity contribution is 5.11. The van der Waals surface area contributed by atoms with Gasteiger partial charge in [-0.25, -0.2) is 0 Å². The van der Waals surface area contributed by atoms with Crippen LogP contribution in [-0.4, -0.2) is 17.4 Å². The minimum atomic E-state index is -4.46. The Morgan fingerprint density at radius 2 is 1.92 bits per heavy atom. The van der Waals surface area contributed by atoms with Gasteiger partial charge in [0.05, 0.1) is 0 Å². The molecular formula is C9H11F3O. The van der Waals surface area contributed by atoms with Crippen LogP contribution in [0, 0.1) is 17.8 Å². The van der Waals surface area contributed by atoms with Crippen LogP contribution in [0.1, 0.15) is 12.8 Å². The maximum atomic E-state index is 12.2. The van der Waals surface area contributed by atoms with E-state index in [1.807, 2.05) is 12.2 Å². The average molecular weight is 192 g/mol. The molecule has 0 spiro atoms. The molecule has 74 valence electrons. The molecule has 3 unspecified atom stereocenters. The zero-order valence-electron chi connectivity index (χ0n) is 6.96. The summed E-state index contributed by atoms with van der Waals surface area (Å²) in [6.45, 7) is 0. The smallest absolute Gasteiger partial charge is 0.383 e. The molecule has 1 nitrogen and oxygen atoms in total. The van der Waals surface area contributed by atoms with E-state index in [9.17, 15) is 13.2 Å². The minimum Gasteiger partial charge on any atom is -0.383 e. The summed E-state index contributed by atoms with van der Waals surface area (Å²) in [5, 5.41) is 9.05. The number of hydrogen-bond donors (Lipinski definition) is 1. The molecule has 13 heavy (non-hydrogen) atoms. The third-order valence-corrected chi connectivity index (χ3v) is 3.07. The summed E-state index contributed by atoms with van der Waals surface area (Å²) < 4.78 is 36.5. The van der Waals surface area contributed by atoms with Gasteiger partial charge in [0.2, 0.25) is 0 Å². The van der Waals surface area contributed by atoms with Crippen LogP contribution in [0.15, 0.2) is 12.2 Å². The Morgan fingerprint density at radius 3 is 2.31 bits per heavy atom. The monoisotopic (exact) mass is 192 g/mol. The van der Waals surface area contributed by atoms with Gasteiger partial charge >= 0.3 is 6.18 Å². The van der Waals surface area contributed by atoms with E-state index < -0.39 is 18.2 Å². The molecule has 2 aliphatic carbocycles. The first-order valence-corrected chi connectivity index (χ1v) is 4.41. The first-order chi connectivity index (χ1) is 5.98. The molecule has 4 atom stereocenters. The van der Waals surface area contributed by atoms with Gasteiger partial charge in [-0.15, -0.1) is 0 Å². The summed E-state index contributed by atoms with van der Waals surface area (Å²) in [6.07, 6.45) is -1.53. The number of hydrogen-bond acceptors (Lipinski definition) is 1. The number of alkyl halides is 3. The predicted molar refractivity (Wildman–Crippen MR) is 40.9 cm³/mol. The highest BCUT2D eigenvalue weighted by Crippen LogP contribution is 2.47. The molecule has 1 N–H and O–H groups in total. The molecule has 1 fully saturated rings. The molecule has 0 radical (unpaired) electrons. The van der Waals surface area contributed by atoms with Crippen LogP contribution in [0.3, 0.4) is 0 Å². The molecule has 0 aliphatic heterocycles.